The number of carboxylic acids is 1. The van der Waals surface area contributed by atoms with Gasteiger partial charge in [-0.1, -0.05) is 0 Å². The molecule has 5 heteroatoms. The molecule has 1 N–H and O–H groups in total. The molecule has 0 amide bonds. The molecule has 1 fully saturated rings. The molecule has 106 valence electrons. The highest BCUT2D eigenvalue weighted by Crippen LogP contribution is 2.35. The molecule has 0 unspecified atom stereocenters. The monoisotopic (exact) mass is 298 g/mol. The van der Waals surface area contributed by atoms with Gasteiger partial charge in [-0.3, -0.25) is 0 Å². The Hall–Kier alpha value is -2.32. The van der Waals surface area contributed by atoms with Crippen LogP contribution in [0.1, 0.15) is 34.3 Å². The molecule has 2 aromatic rings. The SMILES string of the molecule is N#Cc1cc(C(=O)O)ccc1N(Cc1ccsc1)C1CC1. The van der Waals surface area contributed by atoms with Gasteiger partial charge in [0.05, 0.1) is 16.8 Å². The Morgan fingerprint density at radius 1 is 1.43 bits per heavy atom. The van der Waals surface area contributed by atoms with Crippen molar-refractivity contribution < 1.29 is 9.90 Å². The van der Waals surface area contributed by atoms with E-state index in [1.807, 2.05) is 5.38 Å². The number of carbonyl (C=O) groups is 1. The summed E-state index contributed by atoms with van der Waals surface area (Å²) in [4.78, 5) is 13.2. The first kappa shape index (κ1) is 13.7. The number of benzene rings is 1. The Bertz CT molecular complexity index is 700. The Morgan fingerprint density at radius 2 is 2.24 bits per heavy atom. The second kappa shape index (κ2) is 5.58. The van der Waals surface area contributed by atoms with Crippen molar-refractivity contribution in [1.82, 2.24) is 0 Å². The van der Waals surface area contributed by atoms with Crippen LogP contribution in [0.15, 0.2) is 35.0 Å². The van der Waals surface area contributed by atoms with Gasteiger partial charge in [-0.05, 0) is 53.4 Å². The second-order valence-corrected chi connectivity index (χ2v) is 5.92. The van der Waals surface area contributed by atoms with E-state index in [9.17, 15) is 10.1 Å². The third-order valence-electron chi connectivity index (χ3n) is 3.59. The average molecular weight is 298 g/mol. The van der Waals surface area contributed by atoms with Gasteiger partial charge in [-0.15, -0.1) is 0 Å². The standard InChI is InChI=1S/C16H14N2O2S/c17-8-13-7-12(16(19)20)1-4-15(13)18(14-2-3-14)9-11-5-6-21-10-11/h1,4-7,10,14H,2-3,9H2,(H,19,20). The van der Waals surface area contributed by atoms with Crippen molar-refractivity contribution >= 4 is 23.0 Å². The fraction of sp³-hybridized carbons (Fsp3) is 0.250. The maximum absolute atomic E-state index is 11.0. The molecule has 3 rings (SSSR count). The number of hydrogen-bond acceptors (Lipinski definition) is 4. The second-order valence-electron chi connectivity index (χ2n) is 5.14. The average Bonchev–Trinajstić information content (AvgIpc) is 3.21. The minimum Gasteiger partial charge on any atom is -0.478 e. The van der Waals surface area contributed by atoms with Gasteiger partial charge in [0.25, 0.3) is 0 Å². The molecule has 1 saturated carbocycles. The quantitative estimate of drug-likeness (QED) is 0.917. The van der Waals surface area contributed by atoms with Gasteiger partial charge < -0.3 is 10.0 Å². The molecule has 4 nitrogen and oxygen atoms in total. The molecule has 0 aliphatic heterocycles. The molecule has 1 aliphatic rings. The molecule has 21 heavy (non-hydrogen) atoms. The van der Waals surface area contributed by atoms with E-state index in [0.717, 1.165) is 25.1 Å². The molecule has 0 saturated heterocycles. The highest BCUT2D eigenvalue weighted by molar-refractivity contribution is 7.07. The summed E-state index contributed by atoms with van der Waals surface area (Å²) in [5.41, 5.74) is 2.63. The number of thiophene rings is 1. The molecular weight excluding hydrogens is 284 g/mol. The smallest absolute Gasteiger partial charge is 0.335 e. The van der Waals surface area contributed by atoms with Crippen LogP contribution in [0.2, 0.25) is 0 Å². The highest BCUT2D eigenvalue weighted by Gasteiger charge is 2.30. The zero-order chi connectivity index (χ0) is 14.8. The summed E-state index contributed by atoms with van der Waals surface area (Å²) in [5, 5.41) is 22.5. The fourth-order valence-corrected chi connectivity index (χ4v) is 3.05. The largest absolute Gasteiger partial charge is 0.478 e. The molecule has 1 aromatic carbocycles. The zero-order valence-corrected chi connectivity index (χ0v) is 12.1. The highest BCUT2D eigenvalue weighted by atomic mass is 32.1. The Balaban J connectivity index is 1.95. The van der Waals surface area contributed by atoms with Crippen LogP contribution in [-0.4, -0.2) is 17.1 Å². The van der Waals surface area contributed by atoms with Gasteiger partial charge >= 0.3 is 5.97 Å². The Morgan fingerprint density at radius 3 is 2.81 bits per heavy atom. The molecule has 0 spiro atoms. The van der Waals surface area contributed by atoms with Gasteiger partial charge in [-0.25, -0.2) is 4.79 Å². The number of hydrogen-bond donors (Lipinski definition) is 1. The fourth-order valence-electron chi connectivity index (χ4n) is 2.39. The normalized spacial score (nSPS) is 13.7. The molecule has 1 aromatic heterocycles. The van der Waals surface area contributed by atoms with E-state index in [0.29, 0.717) is 11.6 Å². The maximum atomic E-state index is 11.0. The molecular formula is C16H14N2O2S. The summed E-state index contributed by atoms with van der Waals surface area (Å²) in [6, 6.07) is 9.45. The number of nitrogens with zero attached hydrogens (tertiary/aromatic N) is 2. The van der Waals surface area contributed by atoms with Crippen molar-refractivity contribution in [2.75, 3.05) is 4.90 Å². The topological polar surface area (TPSA) is 64.3 Å². The van der Waals surface area contributed by atoms with E-state index in [1.54, 1.807) is 23.5 Å². The van der Waals surface area contributed by atoms with Crippen LogP contribution in [0.5, 0.6) is 0 Å². The predicted molar refractivity (Wildman–Crippen MR) is 81.6 cm³/mol. The molecule has 1 aliphatic carbocycles. The third-order valence-corrected chi connectivity index (χ3v) is 4.33. The number of aromatic carboxylic acids is 1. The van der Waals surface area contributed by atoms with Crippen LogP contribution in [0.25, 0.3) is 0 Å². The van der Waals surface area contributed by atoms with Gasteiger partial charge in [0.1, 0.15) is 6.07 Å². The van der Waals surface area contributed by atoms with Crippen LogP contribution in [0.4, 0.5) is 5.69 Å². The van der Waals surface area contributed by atoms with Gasteiger partial charge in [0.2, 0.25) is 0 Å². The lowest BCUT2D eigenvalue weighted by Crippen LogP contribution is -2.25. The summed E-state index contributed by atoms with van der Waals surface area (Å²) in [5.74, 6) is -1.01. The summed E-state index contributed by atoms with van der Waals surface area (Å²) in [7, 11) is 0. The lowest BCUT2D eigenvalue weighted by molar-refractivity contribution is 0.0697. The van der Waals surface area contributed by atoms with Crippen molar-refractivity contribution in [2.45, 2.75) is 25.4 Å². The van der Waals surface area contributed by atoms with E-state index < -0.39 is 5.97 Å². The molecule has 0 atom stereocenters. The summed E-state index contributed by atoms with van der Waals surface area (Å²) in [6.07, 6.45) is 2.24. The van der Waals surface area contributed by atoms with Crippen molar-refractivity contribution in [3.63, 3.8) is 0 Å². The van der Waals surface area contributed by atoms with Crippen molar-refractivity contribution in [1.29, 1.82) is 5.26 Å². The van der Waals surface area contributed by atoms with Gasteiger partial charge in [-0.2, -0.15) is 16.6 Å². The zero-order valence-electron chi connectivity index (χ0n) is 11.3. The lowest BCUT2D eigenvalue weighted by atomic mass is 10.1. The predicted octanol–water partition coefficient (Wildman–Crippen LogP) is 3.49. The lowest BCUT2D eigenvalue weighted by Gasteiger charge is -2.25. The summed E-state index contributed by atoms with van der Waals surface area (Å²) >= 11 is 1.66. The molecule has 1 heterocycles. The van der Waals surface area contributed by atoms with E-state index in [4.69, 9.17) is 5.11 Å². The van der Waals surface area contributed by atoms with Crippen LogP contribution >= 0.6 is 11.3 Å². The van der Waals surface area contributed by atoms with Crippen LogP contribution in [0.3, 0.4) is 0 Å². The first-order valence-electron chi connectivity index (χ1n) is 6.74. The van der Waals surface area contributed by atoms with E-state index in [2.05, 4.69) is 22.4 Å². The number of rotatable bonds is 5. The van der Waals surface area contributed by atoms with Crippen LogP contribution < -0.4 is 4.90 Å². The van der Waals surface area contributed by atoms with E-state index in [-0.39, 0.29) is 5.56 Å². The number of nitriles is 1. The minimum atomic E-state index is -1.01. The number of anilines is 1. The molecule has 0 radical (unpaired) electrons. The first-order chi connectivity index (χ1) is 10.2. The Kier molecular flexibility index (Phi) is 3.63. The summed E-state index contributed by atoms with van der Waals surface area (Å²) in [6.45, 7) is 0.759. The summed E-state index contributed by atoms with van der Waals surface area (Å²) < 4.78 is 0. The van der Waals surface area contributed by atoms with E-state index in [1.165, 1.54) is 11.6 Å². The van der Waals surface area contributed by atoms with Crippen LogP contribution in [0, 0.1) is 11.3 Å². The van der Waals surface area contributed by atoms with Crippen molar-refractivity contribution in [3.8, 4) is 6.07 Å². The third kappa shape index (κ3) is 2.91. The van der Waals surface area contributed by atoms with E-state index >= 15 is 0 Å². The molecule has 0 bridgehead atoms. The van der Waals surface area contributed by atoms with Crippen LogP contribution in [-0.2, 0) is 6.54 Å². The minimum absolute atomic E-state index is 0.154. The van der Waals surface area contributed by atoms with Crippen molar-refractivity contribution in [3.05, 3.63) is 51.7 Å². The maximum Gasteiger partial charge on any atom is 0.335 e. The number of carboxylic acid groups (broad SMARTS) is 1. The van der Waals surface area contributed by atoms with Gasteiger partial charge in [0, 0.05) is 12.6 Å². The Labute approximate surface area is 126 Å². The first-order valence-corrected chi connectivity index (χ1v) is 7.68. The van der Waals surface area contributed by atoms with Crippen molar-refractivity contribution in [2.24, 2.45) is 0 Å². The van der Waals surface area contributed by atoms with Gasteiger partial charge in [0.15, 0.2) is 0 Å².